The topological polar surface area (TPSA) is 28.2 Å². The van der Waals surface area contributed by atoms with E-state index in [2.05, 4.69) is 34.1 Å². The highest BCUT2D eigenvalue weighted by atomic mass is 15.1. The first-order chi connectivity index (χ1) is 8.79. The third kappa shape index (κ3) is 3.56. The van der Waals surface area contributed by atoms with Gasteiger partial charge in [0, 0.05) is 31.4 Å². The lowest BCUT2D eigenvalue weighted by Crippen LogP contribution is -2.43. The Morgan fingerprint density at radius 1 is 1.50 bits per heavy atom. The highest BCUT2D eigenvalue weighted by Gasteiger charge is 2.20. The molecule has 1 aromatic heterocycles. The van der Waals surface area contributed by atoms with Crippen LogP contribution in [0.1, 0.15) is 31.5 Å². The van der Waals surface area contributed by atoms with Crippen LogP contribution in [0.15, 0.2) is 24.4 Å². The fourth-order valence-corrected chi connectivity index (χ4v) is 2.46. The van der Waals surface area contributed by atoms with Crippen LogP contribution in [0.5, 0.6) is 0 Å². The number of pyridine rings is 1. The minimum absolute atomic E-state index is 0.315. The van der Waals surface area contributed by atoms with Crippen molar-refractivity contribution >= 4 is 0 Å². The second-order valence-electron chi connectivity index (χ2n) is 4.90. The number of aromatic nitrogens is 1. The molecule has 3 nitrogen and oxygen atoms in total. The van der Waals surface area contributed by atoms with Gasteiger partial charge in [-0.05, 0) is 31.9 Å². The quantitative estimate of drug-likeness (QED) is 0.818. The summed E-state index contributed by atoms with van der Waals surface area (Å²) in [6.45, 7) is 5.15. The van der Waals surface area contributed by atoms with Crippen LogP contribution in [0.4, 0.5) is 0 Å². The normalized spacial score (nSPS) is 19.3. The average Bonchev–Trinajstić information content (AvgIpc) is 2.42. The maximum absolute atomic E-state index is 5.34. The molecule has 0 amide bonds. The molecule has 1 aromatic rings. The van der Waals surface area contributed by atoms with Crippen LogP contribution in [0.3, 0.4) is 0 Å². The summed E-state index contributed by atoms with van der Waals surface area (Å²) >= 11 is 0. The fraction of sp³-hybridized carbons (Fsp3) is 0.533. The molecule has 3 heteroatoms. The van der Waals surface area contributed by atoms with Crippen molar-refractivity contribution < 1.29 is 0 Å². The smallest absolute Gasteiger partial charge is 0.0598 e. The Kier molecular flexibility index (Phi) is 4.74. The van der Waals surface area contributed by atoms with Crippen molar-refractivity contribution in [1.82, 2.24) is 15.2 Å². The van der Waals surface area contributed by atoms with Gasteiger partial charge in [-0.25, -0.2) is 0 Å². The van der Waals surface area contributed by atoms with Crippen LogP contribution >= 0.6 is 0 Å². The van der Waals surface area contributed by atoms with E-state index in [9.17, 15) is 0 Å². The average molecular weight is 243 g/mol. The largest absolute Gasteiger partial charge is 0.306 e. The SMILES string of the molecule is C#CCN1CCC(NC(C)c2ccccn2)CC1. The summed E-state index contributed by atoms with van der Waals surface area (Å²) in [5.74, 6) is 2.71. The molecule has 0 bridgehead atoms. The molecule has 0 saturated carbocycles. The molecular formula is C15H21N3. The third-order valence-corrected chi connectivity index (χ3v) is 3.52. The van der Waals surface area contributed by atoms with E-state index in [0.717, 1.165) is 25.3 Å². The number of likely N-dealkylation sites (tertiary alicyclic amines) is 1. The van der Waals surface area contributed by atoms with E-state index in [1.165, 1.54) is 12.8 Å². The Balaban J connectivity index is 1.80. The van der Waals surface area contributed by atoms with E-state index in [1.807, 2.05) is 18.3 Å². The van der Waals surface area contributed by atoms with Crippen LogP contribution in [-0.2, 0) is 0 Å². The number of hydrogen-bond donors (Lipinski definition) is 1. The van der Waals surface area contributed by atoms with Gasteiger partial charge in [-0.15, -0.1) is 6.42 Å². The summed E-state index contributed by atoms with van der Waals surface area (Å²) < 4.78 is 0. The number of piperidine rings is 1. The van der Waals surface area contributed by atoms with Gasteiger partial charge >= 0.3 is 0 Å². The molecule has 96 valence electrons. The Hall–Kier alpha value is -1.37. The first-order valence-corrected chi connectivity index (χ1v) is 6.62. The minimum atomic E-state index is 0.315. The second-order valence-corrected chi connectivity index (χ2v) is 4.90. The van der Waals surface area contributed by atoms with Gasteiger partial charge in [-0.3, -0.25) is 9.88 Å². The van der Waals surface area contributed by atoms with E-state index in [4.69, 9.17) is 6.42 Å². The maximum atomic E-state index is 5.34. The van der Waals surface area contributed by atoms with Gasteiger partial charge in [-0.1, -0.05) is 12.0 Å². The summed E-state index contributed by atoms with van der Waals surface area (Å²) in [6, 6.07) is 6.96. The van der Waals surface area contributed by atoms with Crippen molar-refractivity contribution in [1.29, 1.82) is 0 Å². The van der Waals surface area contributed by atoms with Crippen molar-refractivity contribution in [2.24, 2.45) is 0 Å². The standard InChI is InChI=1S/C15H21N3/c1-3-10-18-11-7-14(8-12-18)17-13(2)15-6-4-5-9-16-15/h1,4-6,9,13-14,17H,7-8,10-12H2,2H3. The predicted molar refractivity (Wildman–Crippen MR) is 74.1 cm³/mol. The molecule has 0 aliphatic carbocycles. The summed E-state index contributed by atoms with van der Waals surface area (Å²) in [6.07, 6.45) is 9.52. The monoisotopic (exact) mass is 243 g/mol. The summed E-state index contributed by atoms with van der Waals surface area (Å²) in [5.41, 5.74) is 1.11. The zero-order chi connectivity index (χ0) is 12.8. The first-order valence-electron chi connectivity index (χ1n) is 6.62. The summed E-state index contributed by atoms with van der Waals surface area (Å²) in [4.78, 5) is 6.73. The second kappa shape index (κ2) is 6.53. The molecule has 1 unspecified atom stereocenters. The van der Waals surface area contributed by atoms with Gasteiger partial charge in [0.1, 0.15) is 0 Å². The fourth-order valence-electron chi connectivity index (χ4n) is 2.46. The maximum Gasteiger partial charge on any atom is 0.0598 e. The molecular weight excluding hydrogens is 222 g/mol. The minimum Gasteiger partial charge on any atom is -0.306 e. The zero-order valence-electron chi connectivity index (χ0n) is 11.0. The van der Waals surface area contributed by atoms with Crippen LogP contribution in [0, 0.1) is 12.3 Å². The zero-order valence-corrected chi connectivity index (χ0v) is 11.0. The van der Waals surface area contributed by atoms with Crippen LogP contribution < -0.4 is 5.32 Å². The lowest BCUT2D eigenvalue weighted by atomic mass is 10.0. The molecule has 2 heterocycles. The lowest BCUT2D eigenvalue weighted by molar-refractivity contribution is 0.210. The van der Waals surface area contributed by atoms with Crippen LogP contribution in [-0.4, -0.2) is 35.6 Å². The van der Waals surface area contributed by atoms with E-state index in [-0.39, 0.29) is 0 Å². The Labute approximate surface area is 110 Å². The molecule has 1 atom stereocenters. The molecule has 18 heavy (non-hydrogen) atoms. The number of hydrogen-bond acceptors (Lipinski definition) is 3. The third-order valence-electron chi connectivity index (χ3n) is 3.52. The van der Waals surface area contributed by atoms with Crippen LogP contribution in [0.2, 0.25) is 0 Å². The van der Waals surface area contributed by atoms with Crippen molar-refractivity contribution in [2.45, 2.75) is 31.8 Å². The molecule has 1 fully saturated rings. The molecule has 0 aromatic carbocycles. The van der Waals surface area contributed by atoms with Gasteiger partial charge < -0.3 is 5.32 Å². The van der Waals surface area contributed by atoms with Gasteiger partial charge in [0.05, 0.1) is 12.2 Å². The van der Waals surface area contributed by atoms with Crippen molar-refractivity contribution in [3.8, 4) is 12.3 Å². The first kappa shape index (κ1) is 13.1. The Morgan fingerprint density at radius 3 is 2.89 bits per heavy atom. The number of nitrogens with zero attached hydrogens (tertiary/aromatic N) is 2. The summed E-state index contributed by atoms with van der Waals surface area (Å²) in [7, 11) is 0. The van der Waals surface area contributed by atoms with E-state index in [1.54, 1.807) is 0 Å². The van der Waals surface area contributed by atoms with E-state index in [0.29, 0.717) is 12.1 Å². The van der Waals surface area contributed by atoms with Gasteiger partial charge in [0.25, 0.3) is 0 Å². The highest BCUT2D eigenvalue weighted by Crippen LogP contribution is 2.15. The van der Waals surface area contributed by atoms with Crippen LogP contribution in [0.25, 0.3) is 0 Å². The molecule has 1 aliphatic rings. The van der Waals surface area contributed by atoms with Crippen molar-refractivity contribution in [2.75, 3.05) is 19.6 Å². The van der Waals surface area contributed by atoms with Gasteiger partial charge in [0.15, 0.2) is 0 Å². The lowest BCUT2D eigenvalue weighted by Gasteiger charge is -2.32. The molecule has 1 aliphatic heterocycles. The molecule has 0 spiro atoms. The van der Waals surface area contributed by atoms with E-state index < -0.39 is 0 Å². The molecule has 2 rings (SSSR count). The molecule has 1 saturated heterocycles. The summed E-state index contributed by atoms with van der Waals surface area (Å²) in [5, 5.41) is 3.66. The number of rotatable bonds is 4. The Bertz CT molecular complexity index is 388. The highest BCUT2D eigenvalue weighted by molar-refractivity contribution is 5.08. The molecule has 1 N–H and O–H groups in total. The number of terminal acetylenes is 1. The Morgan fingerprint density at radius 2 is 2.28 bits per heavy atom. The van der Waals surface area contributed by atoms with Gasteiger partial charge in [-0.2, -0.15) is 0 Å². The van der Waals surface area contributed by atoms with E-state index >= 15 is 0 Å². The van der Waals surface area contributed by atoms with Gasteiger partial charge in [0.2, 0.25) is 0 Å². The van der Waals surface area contributed by atoms with Crippen molar-refractivity contribution in [3.05, 3.63) is 30.1 Å². The number of nitrogens with one attached hydrogen (secondary N) is 1. The molecule has 0 radical (unpaired) electrons. The predicted octanol–water partition coefficient (Wildman–Crippen LogP) is 1.83. The van der Waals surface area contributed by atoms with Crippen molar-refractivity contribution in [3.63, 3.8) is 0 Å².